The van der Waals surface area contributed by atoms with Crippen molar-refractivity contribution in [2.75, 3.05) is 0 Å². The molecule has 0 bridgehead atoms. The molecule has 2 aromatic rings. The molecule has 2 rings (SSSR count). The highest BCUT2D eigenvalue weighted by molar-refractivity contribution is 5.57. The summed E-state index contributed by atoms with van der Waals surface area (Å²) < 4.78 is 0. The number of rotatable bonds is 1. The summed E-state index contributed by atoms with van der Waals surface area (Å²) in [5.41, 5.74) is 1.62. The largest absolute Gasteiger partial charge is 0.288 e. The van der Waals surface area contributed by atoms with Gasteiger partial charge < -0.3 is 0 Å². The summed E-state index contributed by atoms with van der Waals surface area (Å²) in [4.78, 5) is 11.0. The molecule has 0 saturated heterocycles. The summed E-state index contributed by atoms with van der Waals surface area (Å²) in [6.07, 6.45) is 1.26. The molecular weight excluding hydrogens is 164 g/mol. The van der Waals surface area contributed by atoms with Crippen LogP contribution < -0.4 is 5.43 Å². The van der Waals surface area contributed by atoms with E-state index >= 15 is 0 Å². The number of nitrogens with zero attached hydrogens (tertiary/aromatic N) is 1. The zero-order chi connectivity index (χ0) is 9.10. The van der Waals surface area contributed by atoms with Crippen molar-refractivity contribution in [3.8, 4) is 11.3 Å². The molecule has 3 nitrogen and oxygen atoms in total. The van der Waals surface area contributed by atoms with Crippen LogP contribution in [0.5, 0.6) is 0 Å². The molecule has 13 heavy (non-hydrogen) atoms. The van der Waals surface area contributed by atoms with E-state index < -0.39 is 0 Å². The van der Waals surface area contributed by atoms with Crippen LogP contribution in [0.3, 0.4) is 0 Å². The van der Waals surface area contributed by atoms with E-state index in [2.05, 4.69) is 10.2 Å². The maximum Gasteiger partial charge on any atom is 0.200 e. The van der Waals surface area contributed by atoms with Gasteiger partial charge >= 0.3 is 0 Å². The van der Waals surface area contributed by atoms with E-state index in [0.29, 0.717) is 0 Å². The van der Waals surface area contributed by atoms with Crippen molar-refractivity contribution in [3.63, 3.8) is 0 Å². The Morgan fingerprint density at radius 1 is 1.15 bits per heavy atom. The Bertz CT molecular complexity index is 448. The van der Waals surface area contributed by atoms with Crippen LogP contribution in [0.1, 0.15) is 0 Å². The van der Waals surface area contributed by atoms with E-state index in [9.17, 15) is 4.79 Å². The number of aromatic amines is 1. The van der Waals surface area contributed by atoms with Crippen LogP contribution in [-0.2, 0) is 0 Å². The molecule has 0 saturated carbocycles. The number of benzene rings is 1. The maximum atomic E-state index is 11.0. The molecule has 0 atom stereocenters. The average molecular weight is 172 g/mol. The smallest absolute Gasteiger partial charge is 0.200 e. The first-order valence-electron chi connectivity index (χ1n) is 3.96. The van der Waals surface area contributed by atoms with Crippen molar-refractivity contribution in [1.82, 2.24) is 10.2 Å². The van der Waals surface area contributed by atoms with Crippen LogP contribution in [0.4, 0.5) is 0 Å². The topological polar surface area (TPSA) is 45.8 Å². The normalized spacial score (nSPS) is 9.85. The van der Waals surface area contributed by atoms with Gasteiger partial charge in [-0.2, -0.15) is 5.10 Å². The summed E-state index contributed by atoms with van der Waals surface area (Å²) in [6, 6.07) is 11.1. The van der Waals surface area contributed by atoms with E-state index in [1.54, 1.807) is 0 Å². The lowest BCUT2D eigenvalue weighted by Gasteiger charge is -1.98. The molecule has 0 amide bonds. The third-order valence-corrected chi connectivity index (χ3v) is 1.75. The summed E-state index contributed by atoms with van der Waals surface area (Å²) >= 11 is 0. The van der Waals surface area contributed by atoms with E-state index in [1.807, 2.05) is 30.3 Å². The highest BCUT2D eigenvalue weighted by Crippen LogP contribution is 2.12. The van der Waals surface area contributed by atoms with Gasteiger partial charge in [0, 0.05) is 6.07 Å². The van der Waals surface area contributed by atoms with Crippen molar-refractivity contribution >= 4 is 0 Å². The fourth-order valence-electron chi connectivity index (χ4n) is 1.14. The van der Waals surface area contributed by atoms with Crippen LogP contribution in [0, 0.1) is 0 Å². The van der Waals surface area contributed by atoms with Crippen LogP contribution in [0.25, 0.3) is 11.3 Å². The van der Waals surface area contributed by atoms with E-state index in [0.717, 1.165) is 11.3 Å². The molecule has 0 radical (unpaired) electrons. The molecule has 0 unspecified atom stereocenters. The van der Waals surface area contributed by atoms with Crippen molar-refractivity contribution in [3.05, 3.63) is 52.8 Å². The van der Waals surface area contributed by atoms with Crippen molar-refractivity contribution < 1.29 is 0 Å². The van der Waals surface area contributed by atoms with Gasteiger partial charge in [0.25, 0.3) is 0 Å². The average Bonchev–Trinajstić information content (AvgIpc) is 2.19. The quantitative estimate of drug-likeness (QED) is 0.707. The second kappa shape index (κ2) is 3.23. The van der Waals surface area contributed by atoms with Gasteiger partial charge in [0.05, 0.1) is 11.9 Å². The molecule has 1 aromatic heterocycles. The minimum atomic E-state index is -0.0856. The summed E-state index contributed by atoms with van der Waals surface area (Å²) in [6.45, 7) is 0. The predicted molar refractivity (Wildman–Crippen MR) is 50.3 cm³/mol. The Morgan fingerprint density at radius 3 is 2.62 bits per heavy atom. The lowest BCUT2D eigenvalue weighted by atomic mass is 10.1. The minimum absolute atomic E-state index is 0.0856. The zero-order valence-electron chi connectivity index (χ0n) is 6.90. The summed E-state index contributed by atoms with van der Waals surface area (Å²) in [5, 5.41) is 6.50. The molecule has 0 fully saturated rings. The van der Waals surface area contributed by atoms with Gasteiger partial charge in [0.1, 0.15) is 0 Å². The van der Waals surface area contributed by atoms with Crippen LogP contribution >= 0.6 is 0 Å². The maximum absolute atomic E-state index is 11.0. The highest BCUT2D eigenvalue weighted by atomic mass is 16.1. The first-order chi connectivity index (χ1) is 6.36. The molecule has 1 N–H and O–H groups in total. The highest BCUT2D eigenvalue weighted by Gasteiger charge is 1.96. The number of aromatic nitrogens is 2. The third kappa shape index (κ3) is 1.64. The van der Waals surface area contributed by atoms with E-state index in [-0.39, 0.29) is 5.43 Å². The fourth-order valence-corrected chi connectivity index (χ4v) is 1.14. The first kappa shape index (κ1) is 7.73. The van der Waals surface area contributed by atoms with E-state index in [1.165, 1.54) is 12.3 Å². The van der Waals surface area contributed by atoms with Crippen molar-refractivity contribution in [2.45, 2.75) is 0 Å². The predicted octanol–water partition coefficient (Wildman–Crippen LogP) is 1.44. The Balaban J connectivity index is 2.54. The Morgan fingerprint density at radius 2 is 1.92 bits per heavy atom. The number of nitrogens with one attached hydrogen (secondary N) is 1. The monoisotopic (exact) mass is 172 g/mol. The Hall–Kier alpha value is -1.90. The minimum Gasteiger partial charge on any atom is -0.288 e. The van der Waals surface area contributed by atoms with Crippen LogP contribution in [0.15, 0.2) is 47.4 Å². The third-order valence-electron chi connectivity index (χ3n) is 1.75. The van der Waals surface area contributed by atoms with Gasteiger partial charge in [-0.1, -0.05) is 30.3 Å². The zero-order valence-corrected chi connectivity index (χ0v) is 6.90. The lowest BCUT2D eigenvalue weighted by molar-refractivity contribution is 1.02. The molecule has 0 aliphatic carbocycles. The molecular formula is C10H8N2O. The second-order valence-electron chi connectivity index (χ2n) is 2.70. The van der Waals surface area contributed by atoms with Crippen LogP contribution in [0.2, 0.25) is 0 Å². The molecule has 0 aliphatic heterocycles. The molecule has 0 spiro atoms. The van der Waals surface area contributed by atoms with Gasteiger partial charge in [-0.05, 0) is 5.56 Å². The molecule has 1 heterocycles. The molecule has 1 aromatic carbocycles. The van der Waals surface area contributed by atoms with Gasteiger partial charge in [0.15, 0.2) is 0 Å². The van der Waals surface area contributed by atoms with Crippen LogP contribution in [-0.4, -0.2) is 10.2 Å². The van der Waals surface area contributed by atoms with E-state index in [4.69, 9.17) is 0 Å². The molecule has 0 aliphatic rings. The lowest BCUT2D eigenvalue weighted by Crippen LogP contribution is -2.01. The van der Waals surface area contributed by atoms with Crippen molar-refractivity contribution in [2.24, 2.45) is 0 Å². The molecule has 64 valence electrons. The standard InChI is InChI=1S/C10H8N2O/c13-9-6-10(12-11-7-9)8-4-2-1-3-5-8/h1-7H,(H,12,13). The van der Waals surface area contributed by atoms with Gasteiger partial charge in [-0.15, -0.1) is 0 Å². The van der Waals surface area contributed by atoms with Gasteiger partial charge in [-0.3, -0.25) is 9.89 Å². The summed E-state index contributed by atoms with van der Waals surface area (Å²) in [7, 11) is 0. The van der Waals surface area contributed by atoms with Gasteiger partial charge in [0.2, 0.25) is 5.43 Å². The summed E-state index contributed by atoms with van der Waals surface area (Å²) in [5.74, 6) is 0. The Kier molecular flexibility index (Phi) is 1.92. The molecule has 3 heteroatoms. The van der Waals surface area contributed by atoms with Gasteiger partial charge in [-0.25, -0.2) is 0 Å². The second-order valence-corrected chi connectivity index (χ2v) is 2.70. The van der Waals surface area contributed by atoms with Crippen molar-refractivity contribution in [1.29, 1.82) is 0 Å². The number of hydrogen-bond donors (Lipinski definition) is 1. The first-order valence-corrected chi connectivity index (χ1v) is 3.96. The number of hydrogen-bond acceptors (Lipinski definition) is 2. The fraction of sp³-hybridized carbons (Fsp3) is 0. The Labute approximate surface area is 75.1 Å². The number of H-pyrrole nitrogens is 1. The SMILES string of the molecule is O=c1cn[nH]c(-c2ccccc2)c1.